The van der Waals surface area contributed by atoms with Crippen molar-refractivity contribution in [1.29, 1.82) is 0 Å². The van der Waals surface area contributed by atoms with Gasteiger partial charge in [-0.2, -0.15) is 0 Å². The van der Waals surface area contributed by atoms with Crippen molar-refractivity contribution >= 4 is 16.6 Å². The van der Waals surface area contributed by atoms with Gasteiger partial charge >= 0.3 is 0 Å². The normalized spacial score (nSPS) is 14.2. The molecule has 5 heteroatoms. The number of aromatic nitrogens is 1. The van der Waals surface area contributed by atoms with Gasteiger partial charge in [-0.1, -0.05) is 12.1 Å². The Bertz CT molecular complexity index is 750. The van der Waals surface area contributed by atoms with Crippen LogP contribution in [0.1, 0.15) is 17.5 Å². The fraction of sp³-hybridized carbons (Fsp3) is 0.471. The van der Waals surface area contributed by atoms with E-state index >= 15 is 0 Å². The van der Waals surface area contributed by atoms with Gasteiger partial charge in [0.05, 0.1) is 11.2 Å². The molecule has 0 saturated heterocycles. The smallest absolute Gasteiger partial charge is 0.258 e. The molecule has 0 bridgehead atoms. The second-order valence-corrected chi connectivity index (χ2v) is 6.12. The number of fused-ring (bicyclic) bond motifs is 3. The van der Waals surface area contributed by atoms with Crippen molar-refractivity contribution in [2.45, 2.75) is 26.1 Å². The number of hydrogen-bond acceptors (Lipinski definition) is 4. The van der Waals surface area contributed by atoms with E-state index in [9.17, 15) is 4.79 Å². The van der Waals surface area contributed by atoms with Crippen molar-refractivity contribution in [2.75, 3.05) is 33.1 Å². The van der Waals surface area contributed by atoms with E-state index in [-0.39, 0.29) is 12.3 Å². The molecule has 1 aliphatic heterocycles. The summed E-state index contributed by atoms with van der Waals surface area (Å²) in [7, 11) is 5.71. The average molecular weight is 301 g/mol. The second kappa shape index (κ2) is 6.10. The quantitative estimate of drug-likeness (QED) is 0.938. The third-order valence-corrected chi connectivity index (χ3v) is 4.09. The van der Waals surface area contributed by atoms with Gasteiger partial charge in [-0.05, 0) is 38.6 Å². The molecule has 118 valence electrons. The van der Waals surface area contributed by atoms with Gasteiger partial charge in [0, 0.05) is 31.1 Å². The van der Waals surface area contributed by atoms with Crippen LogP contribution in [0.5, 0.6) is 0 Å². The predicted molar refractivity (Wildman–Crippen MR) is 89.4 cm³/mol. The van der Waals surface area contributed by atoms with Crippen LogP contribution in [0.25, 0.3) is 10.9 Å². The Morgan fingerprint density at radius 1 is 1.36 bits per heavy atom. The first kappa shape index (κ1) is 15.1. The lowest BCUT2D eigenvalue weighted by molar-refractivity contribution is 0.131. The van der Waals surface area contributed by atoms with Crippen molar-refractivity contribution in [3.63, 3.8) is 0 Å². The van der Waals surface area contributed by atoms with Crippen molar-refractivity contribution < 1.29 is 4.74 Å². The Hall–Kier alpha value is -1.85. The van der Waals surface area contributed by atoms with E-state index in [1.807, 2.05) is 14.1 Å². The summed E-state index contributed by atoms with van der Waals surface area (Å²) in [4.78, 5) is 14.9. The minimum atomic E-state index is 0.0681. The minimum absolute atomic E-state index is 0.0681. The summed E-state index contributed by atoms with van der Waals surface area (Å²) in [6, 6.07) is 6.36. The molecule has 0 spiro atoms. The third-order valence-electron chi connectivity index (χ3n) is 4.09. The van der Waals surface area contributed by atoms with Crippen LogP contribution in [-0.2, 0) is 24.4 Å². The lowest BCUT2D eigenvalue weighted by Gasteiger charge is -2.23. The number of benzene rings is 1. The summed E-state index contributed by atoms with van der Waals surface area (Å²) < 4.78 is 7.01. The topological polar surface area (TPSA) is 46.5 Å². The number of methoxy groups -OCH3 is 1. The van der Waals surface area contributed by atoms with Crippen LogP contribution >= 0.6 is 0 Å². The van der Waals surface area contributed by atoms with Gasteiger partial charge in [-0.3, -0.25) is 9.36 Å². The van der Waals surface area contributed by atoms with Crippen LogP contribution in [0.4, 0.5) is 5.69 Å². The molecular weight excluding hydrogens is 278 g/mol. The Balaban J connectivity index is 2.26. The Labute approximate surface area is 130 Å². The molecule has 0 saturated carbocycles. The molecule has 5 nitrogen and oxygen atoms in total. The fourth-order valence-corrected chi connectivity index (χ4v) is 3.19. The molecule has 0 aliphatic carbocycles. The van der Waals surface area contributed by atoms with Crippen LogP contribution in [0.3, 0.4) is 0 Å². The zero-order valence-electron chi connectivity index (χ0n) is 13.5. The van der Waals surface area contributed by atoms with Crippen molar-refractivity contribution in [2.24, 2.45) is 0 Å². The van der Waals surface area contributed by atoms with Gasteiger partial charge in [0.1, 0.15) is 6.73 Å². The van der Waals surface area contributed by atoms with Gasteiger partial charge < -0.3 is 15.0 Å². The molecule has 0 radical (unpaired) electrons. The van der Waals surface area contributed by atoms with Crippen molar-refractivity contribution in [1.82, 2.24) is 9.47 Å². The number of nitrogens with zero attached hydrogens (tertiary/aromatic N) is 2. The first-order valence-corrected chi connectivity index (χ1v) is 7.67. The lowest BCUT2D eigenvalue weighted by atomic mass is 10.00. The predicted octanol–water partition coefficient (Wildman–Crippen LogP) is 2.03. The Morgan fingerprint density at radius 3 is 2.91 bits per heavy atom. The summed E-state index contributed by atoms with van der Waals surface area (Å²) in [6.45, 7) is 2.06. The van der Waals surface area contributed by atoms with Crippen LogP contribution in [-0.4, -0.2) is 37.2 Å². The van der Waals surface area contributed by atoms with Crippen LogP contribution in [0, 0.1) is 0 Å². The zero-order valence-corrected chi connectivity index (χ0v) is 13.5. The summed E-state index contributed by atoms with van der Waals surface area (Å²) in [6.07, 6.45) is 1.83. The summed E-state index contributed by atoms with van der Waals surface area (Å²) in [5, 5.41) is 4.52. The molecule has 2 aromatic rings. The highest BCUT2D eigenvalue weighted by atomic mass is 16.5. The van der Waals surface area contributed by atoms with Gasteiger partial charge in [0.2, 0.25) is 0 Å². The van der Waals surface area contributed by atoms with E-state index in [2.05, 4.69) is 28.4 Å². The molecule has 0 amide bonds. The number of ether oxygens (including phenoxy) is 1. The zero-order chi connectivity index (χ0) is 15.7. The van der Waals surface area contributed by atoms with E-state index in [0.717, 1.165) is 48.1 Å². The summed E-state index contributed by atoms with van der Waals surface area (Å²) in [5.74, 6) is 0. The molecule has 1 N–H and O–H groups in total. The lowest BCUT2D eigenvalue weighted by Crippen LogP contribution is -2.29. The van der Waals surface area contributed by atoms with E-state index < -0.39 is 0 Å². The molecule has 2 heterocycles. The highest BCUT2D eigenvalue weighted by molar-refractivity contribution is 5.94. The fourth-order valence-electron chi connectivity index (χ4n) is 3.19. The molecule has 0 fully saturated rings. The molecule has 0 atom stereocenters. The Kier molecular flexibility index (Phi) is 4.18. The van der Waals surface area contributed by atoms with Gasteiger partial charge in [0.15, 0.2) is 0 Å². The van der Waals surface area contributed by atoms with E-state index in [4.69, 9.17) is 4.74 Å². The highest BCUT2D eigenvalue weighted by Crippen LogP contribution is 2.29. The number of anilines is 1. The minimum Gasteiger partial charge on any atom is -0.384 e. The molecule has 22 heavy (non-hydrogen) atoms. The number of pyridine rings is 1. The molecule has 1 aromatic heterocycles. The van der Waals surface area contributed by atoms with Gasteiger partial charge in [-0.25, -0.2) is 0 Å². The molecular formula is C17H23N3O2. The first-order chi connectivity index (χ1) is 10.6. The van der Waals surface area contributed by atoms with Crippen LogP contribution in [0.2, 0.25) is 0 Å². The van der Waals surface area contributed by atoms with Gasteiger partial charge in [0.25, 0.3) is 5.56 Å². The largest absolute Gasteiger partial charge is 0.384 e. The van der Waals surface area contributed by atoms with Gasteiger partial charge in [-0.15, -0.1) is 0 Å². The highest BCUT2D eigenvalue weighted by Gasteiger charge is 2.19. The molecule has 1 aliphatic rings. The molecule has 1 aromatic carbocycles. The van der Waals surface area contributed by atoms with E-state index in [1.165, 1.54) is 5.56 Å². The SMILES string of the molecule is COCn1c(=O)c2c(c3ccc(CN(C)C)cc31)NCCC2. The summed E-state index contributed by atoms with van der Waals surface area (Å²) >= 11 is 0. The standard InChI is InChI=1S/C17H23N3O2/c1-19(2)10-12-6-7-13-15(9-12)20(11-22-3)17(21)14-5-4-8-18-16(13)14/h6-7,9,18H,4-5,8,10-11H2,1-3H3. The monoisotopic (exact) mass is 301 g/mol. The number of rotatable bonds is 4. The van der Waals surface area contributed by atoms with Crippen LogP contribution < -0.4 is 10.9 Å². The maximum atomic E-state index is 12.8. The van der Waals surface area contributed by atoms with E-state index in [1.54, 1.807) is 11.7 Å². The first-order valence-electron chi connectivity index (χ1n) is 7.67. The molecule has 3 rings (SSSR count). The maximum absolute atomic E-state index is 12.8. The number of hydrogen-bond donors (Lipinski definition) is 1. The molecule has 0 unspecified atom stereocenters. The number of nitrogens with one attached hydrogen (secondary N) is 1. The van der Waals surface area contributed by atoms with Crippen molar-refractivity contribution in [3.8, 4) is 0 Å². The van der Waals surface area contributed by atoms with E-state index in [0.29, 0.717) is 0 Å². The maximum Gasteiger partial charge on any atom is 0.258 e. The summed E-state index contributed by atoms with van der Waals surface area (Å²) in [5.41, 5.74) is 4.10. The van der Waals surface area contributed by atoms with Crippen LogP contribution in [0.15, 0.2) is 23.0 Å². The van der Waals surface area contributed by atoms with Crippen molar-refractivity contribution in [3.05, 3.63) is 39.7 Å². The third kappa shape index (κ3) is 2.62. The second-order valence-electron chi connectivity index (χ2n) is 6.12. The Morgan fingerprint density at radius 2 is 2.18 bits per heavy atom. The average Bonchev–Trinajstić information content (AvgIpc) is 2.51.